The van der Waals surface area contributed by atoms with Crippen LogP contribution in [0.3, 0.4) is 0 Å². The van der Waals surface area contributed by atoms with Gasteiger partial charge in [0, 0.05) is 24.0 Å². The van der Waals surface area contributed by atoms with Gasteiger partial charge in [-0.2, -0.15) is 4.98 Å². The molecule has 1 aromatic heterocycles. The van der Waals surface area contributed by atoms with Crippen LogP contribution in [0.5, 0.6) is 0 Å². The minimum atomic E-state index is 0.546. The lowest BCUT2D eigenvalue weighted by molar-refractivity contribution is 0.740. The summed E-state index contributed by atoms with van der Waals surface area (Å²) < 4.78 is 0. The third kappa shape index (κ3) is 5.55. The number of unbranched alkanes of at least 4 members (excludes halogenated alkanes) is 2. The van der Waals surface area contributed by atoms with Crippen molar-refractivity contribution < 1.29 is 0 Å². The number of benzene rings is 1. The fourth-order valence-electron chi connectivity index (χ4n) is 2.39. The molecule has 0 bridgehead atoms. The molecule has 23 heavy (non-hydrogen) atoms. The van der Waals surface area contributed by atoms with Crippen LogP contribution in [0.1, 0.15) is 57.2 Å². The van der Waals surface area contributed by atoms with Crippen LogP contribution in [0, 0.1) is 6.92 Å². The molecule has 0 aliphatic heterocycles. The van der Waals surface area contributed by atoms with Crippen molar-refractivity contribution >= 4 is 17.5 Å². The van der Waals surface area contributed by atoms with Crippen LogP contribution >= 0.6 is 0 Å². The monoisotopic (exact) mass is 312 g/mol. The van der Waals surface area contributed by atoms with E-state index < -0.39 is 0 Å². The minimum Gasteiger partial charge on any atom is -0.354 e. The summed E-state index contributed by atoms with van der Waals surface area (Å²) in [4.78, 5) is 9.00. The van der Waals surface area contributed by atoms with Gasteiger partial charge in [-0.15, -0.1) is 0 Å². The highest BCUT2D eigenvalue weighted by Crippen LogP contribution is 2.20. The molecule has 0 aliphatic carbocycles. The number of nitrogens with one attached hydrogen (secondary N) is 2. The predicted molar refractivity (Wildman–Crippen MR) is 98.6 cm³/mol. The third-order valence-corrected chi connectivity index (χ3v) is 3.77. The van der Waals surface area contributed by atoms with Crippen LogP contribution in [-0.4, -0.2) is 16.5 Å². The molecule has 2 aromatic rings. The third-order valence-electron chi connectivity index (χ3n) is 3.77. The number of nitrogens with zero attached hydrogens (tertiary/aromatic N) is 2. The number of aryl methyl sites for hydroxylation is 1. The Hall–Kier alpha value is -2.10. The number of rotatable bonds is 8. The molecular formula is C19H28N4. The Morgan fingerprint density at radius 3 is 2.43 bits per heavy atom. The van der Waals surface area contributed by atoms with Crippen molar-refractivity contribution in [3.63, 3.8) is 0 Å². The molecule has 124 valence electrons. The summed E-state index contributed by atoms with van der Waals surface area (Å²) in [6.45, 7) is 9.51. The van der Waals surface area contributed by atoms with Gasteiger partial charge >= 0.3 is 0 Å². The van der Waals surface area contributed by atoms with Gasteiger partial charge in [0.2, 0.25) is 5.95 Å². The topological polar surface area (TPSA) is 49.8 Å². The first-order chi connectivity index (χ1) is 11.1. The van der Waals surface area contributed by atoms with E-state index in [4.69, 9.17) is 0 Å². The van der Waals surface area contributed by atoms with Gasteiger partial charge in [0.15, 0.2) is 0 Å². The highest BCUT2D eigenvalue weighted by molar-refractivity contribution is 5.58. The van der Waals surface area contributed by atoms with Crippen LogP contribution in [0.15, 0.2) is 30.3 Å². The van der Waals surface area contributed by atoms with E-state index in [1.165, 1.54) is 18.4 Å². The smallest absolute Gasteiger partial charge is 0.224 e. The Balaban J connectivity index is 2.02. The Kier molecular flexibility index (Phi) is 6.39. The highest BCUT2D eigenvalue weighted by atomic mass is 15.1. The fraction of sp³-hybridized carbons (Fsp3) is 0.474. The lowest BCUT2D eigenvalue weighted by Crippen LogP contribution is -2.07. The molecule has 2 rings (SSSR count). The number of anilines is 3. The average Bonchev–Trinajstić information content (AvgIpc) is 2.51. The first-order valence-corrected chi connectivity index (χ1v) is 8.55. The van der Waals surface area contributed by atoms with E-state index in [0.29, 0.717) is 11.9 Å². The Bertz CT molecular complexity index is 605. The van der Waals surface area contributed by atoms with Crippen LogP contribution in [0.4, 0.5) is 17.5 Å². The van der Waals surface area contributed by atoms with Crippen molar-refractivity contribution in [3.8, 4) is 0 Å². The van der Waals surface area contributed by atoms with E-state index in [-0.39, 0.29) is 0 Å². The Labute approximate surface area is 139 Å². The lowest BCUT2D eigenvalue weighted by Gasteiger charge is -2.11. The maximum absolute atomic E-state index is 4.55. The SMILES string of the molecule is CCCCCNc1nc(C)cc(Nc2ccc(C(C)C)cc2)n1. The van der Waals surface area contributed by atoms with Crippen molar-refractivity contribution in [3.05, 3.63) is 41.6 Å². The fourth-order valence-corrected chi connectivity index (χ4v) is 2.39. The van der Waals surface area contributed by atoms with Gasteiger partial charge in [-0.1, -0.05) is 45.7 Å². The van der Waals surface area contributed by atoms with Crippen molar-refractivity contribution in [2.45, 2.75) is 52.9 Å². The van der Waals surface area contributed by atoms with Gasteiger partial charge in [0.25, 0.3) is 0 Å². The summed E-state index contributed by atoms with van der Waals surface area (Å²) in [5.41, 5.74) is 3.34. The Morgan fingerprint density at radius 2 is 1.78 bits per heavy atom. The molecule has 1 heterocycles. The number of hydrogen-bond acceptors (Lipinski definition) is 4. The normalized spacial score (nSPS) is 10.8. The molecule has 0 aliphatic rings. The van der Waals surface area contributed by atoms with Gasteiger partial charge in [-0.25, -0.2) is 4.98 Å². The van der Waals surface area contributed by atoms with Gasteiger partial charge in [0.05, 0.1) is 0 Å². The molecule has 0 atom stereocenters. The standard InChI is InChI=1S/C19H28N4/c1-5-6-7-12-20-19-21-15(4)13-18(23-19)22-17-10-8-16(9-11-17)14(2)3/h8-11,13-14H,5-7,12H2,1-4H3,(H2,20,21,22,23). The quantitative estimate of drug-likeness (QED) is 0.653. The second kappa shape index (κ2) is 8.51. The average molecular weight is 312 g/mol. The second-order valence-electron chi connectivity index (χ2n) is 6.25. The van der Waals surface area contributed by atoms with E-state index in [9.17, 15) is 0 Å². The maximum Gasteiger partial charge on any atom is 0.224 e. The van der Waals surface area contributed by atoms with Crippen molar-refractivity contribution in [2.24, 2.45) is 0 Å². The number of hydrogen-bond donors (Lipinski definition) is 2. The van der Waals surface area contributed by atoms with E-state index in [2.05, 4.69) is 65.6 Å². The first-order valence-electron chi connectivity index (χ1n) is 8.55. The zero-order valence-corrected chi connectivity index (χ0v) is 14.7. The molecule has 0 amide bonds. The van der Waals surface area contributed by atoms with Crippen molar-refractivity contribution in [1.29, 1.82) is 0 Å². The molecule has 0 fully saturated rings. The molecule has 0 unspecified atom stereocenters. The molecule has 0 radical (unpaired) electrons. The second-order valence-corrected chi connectivity index (χ2v) is 6.25. The molecule has 2 N–H and O–H groups in total. The van der Waals surface area contributed by atoms with Gasteiger partial charge in [-0.3, -0.25) is 0 Å². The van der Waals surface area contributed by atoms with E-state index in [1.807, 2.05) is 13.0 Å². The van der Waals surface area contributed by atoms with Gasteiger partial charge in [-0.05, 0) is 37.0 Å². The summed E-state index contributed by atoms with van der Waals surface area (Å²) in [6, 6.07) is 10.5. The van der Waals surface area contributed by atoms with E-state index >= 15 is 0 Å². The van der Waals surface area contributed by atoms with E-state index in [0.717, 1.165) is 30.2 Å². The zero-order valence-electron chi connectivity index (χ0n) is 14.7. The van der Waals surface area contributed by atoms with Gasteiger partial charge < -0.3 is 10.6 Å². The summed E-state index contributed by atoms with van der Waals surface area (Å²) in [5, 5.41) is 6.67. The number of aromatic nitrogens is 2. The van der Waals surface area contributed by atoms with Crippen LogP contribution in [0.2, 0.25) is 0 Å². The molecular weight excluding hydrogens is 284 g/mol. The molecule has 0 saturated carbocycles. The van der Waals surface area contributed by atoms with Crippen molar-refractivity contribution in [1.82, 2.24) is 9.97 Å². The molecule has 0 saturated heterocycles. The summed E-state index contributed by atoms with van der Waals surface area (Å²) in [6.07, 6.45) is 3.59. The van der Waals surface area contributed by atoms with Crippen LogP contribution in [0.25, 0.3) is 0 Å². The highest BCUT2D eigenvalue weighted by Gasteiger charge is 2.04. The predicted octanol–water partition coefficient (Wildman–Crippen LogP) is 5.25. The van der Waals surface area contributed by atoms with E-state index in [1.54, 1.807) is 0 Å². The summed E-state index contributed by atoms with van der Waals surface area (Å²) in [7, 11) is 0. The summed E-state index contributed by atoms with van der Waals surface area (Å²) in [5.74, 6) is 2.07. The van der Waals surface area contributed by atoms with Crippen LogP contribution in [-0.2, 0) is 0 Å². The lowest BCUT2D eigenvalue weighted by atomic mass is 10.0. The largest absolute Gasteiger partial charge is 0.354 e. The summed E-state index contributed by atoms with van der Waals surface area (Å²) >= 11 is 0. The molecule has 4 heteroatoms. The minimum absolute atomic E-state index is 0.546. The molecule has 0 spiro atoms. The zero-order chi connectivity index (χ0) is 16.7. The molecule has 4 nitrogen and oxygen atoms in total. The van der Waals surface area contributed by atoms with Gasteiger partial charge in [0.1, 0.15) is 5.82 Å². The van der Waals surface area contributed by atoms with Crippen molar-refractivity contribution in [2.75, 3.05) is 17.2 Å². The first kappa shape index (κ1) is 17.3. The van der Waals surface area contributed by atoms with Crippen LogP contribution < -0.4 is 10.6 Å². The maximum atomic E-state index is 4.55. The molecule has 1 aromatic carbocycles. The Morgan fingerprint density at radius 1 is 1.04 bits per heavy atom.